The Kier molecular flexibility index (Phi) is 4.06. The molecule has 0 saturated carbocycles. The molecular formula is C16H16ClN7O. The first kappa shape index (κ1) is 15.9. The molecule has 1 unspecified atom stereocenters. The molecule has 0 bridgehead atoms. The van der Waals surface area contributed by atoms with E-state index in [1.54, 1.807) is 7.05 Å². The molecule has 0 amide bonds. The SMILES string of the molecule is Cn1nnc(-c2nc(-c3ccc(Cl)cc3)cc(N3CCC(O)C3)n2)n1. The van der Waals surface area contributed by atoms with Gasteiger partial charge >= 0.3 is 0 Å². The van der Waals surface area contributed by atoms with E-state index in [1.807, 2.05) is 35.2 Å². The molecule has 8 nitrogen and oxygen atoms in total. The second-order valence-electron chi connectivity index (χ2n) is 5.93. The van der Waals surface area contributed by atoms with E-state index in [0.29, 0.717) is 23.2 Å². The second kappa shape index (κ2) is 6.38. The zero-order valence-corrected chi connectivity index (χ0v) is 14.3. The summed E-state index contributed by atoms with van der Waals surface area (Å²) in [5.41, 5.74) is 1.66. The summed E-state index contributed by atoms with van der Waals surface area (Å²) in [6.45, 7) is 1.29. The minimum absolute atomic E-state index is 0.341. The van der Waals surface area contributed by atoms with Crippen LogP contribution in [0.1, 0.15) is 6.42 Å². The molecule has 1 fully saturated rings. The van der Waals surface area contributed by atoms with E-state index in [9.17, 15) is 5.11 Å². The molecule has 9 heteroatoms. The van der Waals surface area contributed by atoms with Gasteiger partial charge in [0.05, 0.1) is 18.8 Å². The fraction of sp³-hybridized carbons (Fsp3) is 0.312. The zero-order chi connectivity index (χ0) is 17.4. The van der Waals surface area contributed by atoms with E-state index < -0.39 is 0 Å². The van der Waals surface area contributed by atoms with E-state index in [2.05, 4.69) is 25.4 Å². The lowest BCUT2D eigenvalue weighted by Crippen LogP contribution is -2.22. The number of benzene rings is 1. The molecule has 0 aliphatic carbocycles. The van der Waals surface area contributed by atoms with Crippen molar-refractivity contribution >= 4 is 17.4 Å². The highest BCUT2D eigenvalue weighted by atomic mass is 35.5. The molecule has 0 radical (unpaired) electrons. The Labute approximate surface area is 149 Å². The van der Waals surface area contributed by atoms with Crippen LogP contribution in [-0.4, -0.2) is 54.5 Å². The number of hydrogen-bond acceptors (Lipinski definition) is 7. The zero-order valence-electron chi connectivity index (χ0n) is 13.5. The van der Waals surface area contributed by atoms with Gasteiger partial charge in [0, 0.05) is 29.7 Å². The number of tetrazole rings is 1. The van der Waals surface area contributed by atoms with Crippen LogP contribution in [0.3, 0.4) is 0 Å². The Balaban J connectivity index is 1.81. The molecule has 25 heavy (non-hydrogen) atoms. The van der Waals surface area contributed by atoms with Gasteiger partial charge in [-0.25, -0.2) is 9.97 Å². The first-order chi connectivity index (χ1) is 12.1. The molecule has 2 aromatic heterocycles. The van der Waals surface area contributed by atoms with Crippen molar-refractivity contribution in [1.82, 2.24) is 30.2 Å². The summed E-state index contributed by atoms with van der Waals surface area (Å²) in [6, 6.07) is 9.35. The monoisotopic (exact) mass is 357 g/mol. The maximum absolute atomic E-state index is 9.83. The number of halogens is 1. The maximum atomic E-state index is 9.83. The molecule has 1 aliphatic heterocycles. The number of aliphatic hydroxyl groups excluding tert-OH is 1. The summed E-state index contributed by atoms with van der Waals surface area (Å²) in [5.74, 6) is 1.50. The van der Waals surface area contributed by atoms with Crippen molar-refractivity contribution in [2.24, 2.45) is 7.05 Å². The second-order valence-corrected chi connectivity index (χ2v) is 6.37. The molecule has 1 atom stereocenters. The Morgan fingerprint density at radius 1 is 1.16 bits per heavy atom. The van der Waals surface area contributed by atoms with Gasteiger partial charge in [-0.15, -0.1) is 10.2 Å². The third-order valence-corrected chi connectivity index (χ3v) is 4.30. The van der Waals surface area contributed by atoms with Crippen molar-refractivity contribution in [1.29, 1.82) is 0 Å². The van der Waals surface area contributed by atoms with Gasteiger partial charge in [0.15, 0.2) is 0 Å². The first-order valence-corrected chi connectivity index (χ1v) is 8.29. The lowest BCUT2D eigenvalue weighted by molar-refractivity contribution is 0.198. The number of rotatable bonds is 3. The lowest BCUT2D eigenvalue weighted by Gasteiger charge is -2.18. The van der Waals surface area contributed by atoms with Crippen molar-refractivity contribution in [3.63, 3.8) is 0 Å². The molecule has 3 aromatic rings. The largest absolute Gasteiger partial charge is 0.391 e. The molecule has 1 N–H and O–H groups in total. The Morgan fingerprint density at radius 2 is 1.96 bits per heavy atom. The molecule has 0 spiro atoms. The minimum atomic E-state index is -0.341. The fourth-order valence-corrected chi connectivity index (χ4v) is 2.91. The highest BCUT2D eigenvalue weighted by molar-refractivity contribution is 6.30. The van der Waals surface area contributed by atoms with E-state index in [0.717, 1.165) is 30.0 Å². The molecular weight excluding hydrogens is 342 g/mol. The van der Waals surface area contributed by atoms with Crippen LogP contribution in [-0.2, 0) is 7.05 Å². The maximum Gasteiger partial charge on any atom is 0.242 e. The van der Waals surface area contributed by atoms with Crippen LogP contribution in [0.5, 0.6) is 0 Å². The summed E-state index contributed by atoms with van der Waals surface area (Å²) < 4.78 is 0. The van der Waals surface area contributed by atoms with E-state index in [4.69, 9.17) is 11.6 Å². The third kappa shape index (κ3) is 3.31. The Morgan fingerprint density at radius 3 is 2.60 bits per heavy atom. The minimum Gasteiger partial charge on any atom is -0.391 e. The summed E-state index contributed by atoms with van der Waals surface area (Å²) in [4.78, 5) is 12.6. The van der Waals surface area contributed by atoms with Gasteiger partial charge in [0.25, 0.3) is 0 Å². The smallest absolute Gasteiger partial charge is 0.242 e. The van der Waals surface area contributed by atoms with Crippen LogP contribution in [0.25, 0.3) is 22.9 Å². The average Bonchev–Trinajstić information content (AvgIpc) is 3.24. The van der Waals surface area contributed by atoms with Crippen LogP contribution < -0.4 is 4.90 Å². The predicted octanol–water partition coefficient (Wildman–Crippen LogP) is 1.56. The van der Waals surface area contributed by atoms with Crippen molar-refractivity contribution in [2.75, 3.05) is 18.0 Å². The van der Waals surface area contributed by atoms with Crippen LogP contribution in [0.2, 0.25) is 5.02 Å². The fourth-order valence-electron chi connectivity index (χ4n) is 2.79. The number of aryl methyl sites for hydroxylation is 1. The lowest BCUT2D eigenvalue weighted by atomic mass is 10.1. The average molecular weight is 358 g/mol. The topological polar surface area (TPSA) is 92.9 Å². The highest BCUT2D eigenvalue weighted by Gasteiger charge is 2.23. The Bertz CT molecular complexity index is 896. The highest BCUT2D eigenvalue weighted by Crippen LogP contribution is 2.27. The molecule has 1 aliphatic rings. The number of aromatic nitrogens is 6. The molecule has 3 heterocycles. The van der Waals surface area contributed by atoms with Crippen LogP contribution >= 0.6 is 11.6 Å². The number of aliphatic hydroxyl groups is 1. The molecule has 1 saturated heterocycles. The van der Waals surface area contributed by atoms with E-state index in [-0.39, 0.29) is 6.10 Å². The van der Waals surface area contributed by atoms with Gasteiger partial charge in [-0.05, 0) is 23.8 Å². The van der Waals surface area contributed by atoms with Crippen LogP contribution in [0, 0.1) is 0 Å². The molecule has 1 aromatic carbocycles. The van der Waals surface area contributed by atoms with Gasteiger partial charge in [0.1, 0.15) is 5.82 Å². The molecule has 128 valence electrons. The number of β-amino-alcohol motifs (C(OH)–C–C–N with tert-alkyl or cyclic N) is 1. The van der Waals surface area contributed by atoms with Crippen molar-refractivity contribution in [3.8, 4) is 22.9 Å². The van der Waals surface area contributed by atoms with Gasteiger partial charge in [-0.1, -0.05) is 23.7 Å². The van der Waals surface area contributed by atoms with Gasteiger partial charge in [0.2, 0.25) is 11.6 Å². The predicted molar refractivity (Wildman–Crippen MR) is 93.1 cm³/mol. The van der Waals surface area contributed by atoms with Crippen LogP contribution in [0.4, 0.5) is 5.82 Å². The summed E-state index contributed by atoms with van der Waals surface area (Å²) in [5, 5.41) is 22.5. The van der Waals surface area contributed by atoms with Gasteiger partial charge in [-0.2, -0.15) is 4.80 Å². The number of anilines is 1. The third-order valence-electron chi connectivity index (χ3n) is 4.05. The number of hydrogen-bond donors (Lipinski definition) is 1. The van der Waals surface area contributed by atoms with E-state index in [1.165, 1.54) is 4.80 Å². The Hall–Kier alpha value is -2.58. The van der Waals surface area contributed by atoms with Crippen molar-refractivity contribution < 1.29 is 5.11 Å². The van der Waals surface area contributed by atoms with Crippen LogP contribution in [0.15, 0.2) is 30.3 Å². The summed E-state index contributed by atoms with van der Waals surface area (Å²) in [7, 11) is 1.69. The number of nitrogens with zero attached hydrogens (tertiary/aromatic N) is 7. The quantitative estimate of drug-likeness (QED) is 0.760. The first-order valence-electron chi connectivity index (χ1n) is 7.91. The van der Waals surface area contributed by atoms with Crippen molar-refractivity contribution in [2.45, 2.75) is 12.5 Å². The van der Waals surface area contributed by atoms with Crippen molar-refractivity contribution in [3.05, 3.63) is 35.4 Å². The van der Waals surface area contributed by atoms with Gasteiger partial charge in [-0.3, -0.25) is 0 Å². The standard InChI is InChI=1S/C16H16ClN7O/c1-23-21-16(20-22-23)15-18-13(10-2-4-11(17)5-3-10)8-14(19-15)24-7-6-12(25)9-24/h2-5,8,12,25H,6-7,9H2,1H3. The summed E-state index contributed by atoms with van der Waals surface area (Å²) >= 11 is 5.98. The van der Waals surface area contributed by atoms with E-state index >= 15 is 0 Å². The normalized spacial score (nSPS) is 17.2. The molecule has 4 rings (SSSR count). The summed E-state index contributed by atoms with van der Waals surface area (Å²) in [6.07, 6.45) is 0.381. The van der Waals surface area contributed by atoms with Gasteiger partial charge < -0.3 is 10.0 Å².